The monoisotopic (exact) mass is 326 g/mol. The molecule has 0 radical (unpaired) electrons. The van der Waals surface area contributed by atoms with Gasteiger partial charge in [0.1, 0.15) is 6.29 Å². The predicted molar refractivity (Wildman–Crippen MR) is 87.0 cm³/mol. The van der Waals surface area contributed by atoms with Gasteiger partial charge in [0.2, 0.25) is 0 Å². The van der Waals surface area contributed by atoms with Gasteiger partial charge in [-0.1, -0.05) is 20.8 Å². The summed E-state index contributed by atoms with van der Waals surface area (Å²) in [6.07, 6.45) is 3.06. The van der Waals surface area contributed by atoms with E-state index < -0.39 is 8.32 Å². The molecule has 5 heteroatoms. The van der Waals surface area contributed by atoms with Crippen molar-refractivity contribution in [2.45, 2.75) is 70.2 Å². The van der Waals surface area contributed by atoms with Gasteiger partial charge in [-0.05, 0) is 36.4 Å². The lowest BCUT2D eigenvalue weighted by Gasteiger charge is -2.39. The minimum atomic E-state index is -1.81. The Morgan fingerprint density at radius 2 is 1.95 bits per heavy atom. The molecule has 1 aliphatic heterocycles. The first-order valence-corrected chi connectivity index (χ1v) is 11.4. The van der Waals surface area contributed by atoms with Crippen LogP contribution < -0.4 is 0 Å². The van der Waals surface area contributed by atoms with Crippen molar-refractivity contribution in [1.29, 1.82) is 0 Å². The third-order valence-electron chi connectivity index (χ3n) is 6.68. The smallest absolute Gasteiger partial charge is 0.192 e. The van der Waals surface area contributed by atoms with E-state index in [0.717, 1.165) is 12.7 Å². The van der Waals surface area contributed by atoms with E-state index in [-0.39, 0.29) is 23.5 Å². The third-order valence-corrected chi connectivity index (χ3v) is 11.2. The standard InChI is InChI=1S/C17H30O4Si/c1-17(2,3)22(5,6)21-15-11-9-12-14(15)13(10(11)7-8-18)16(19-4)20-12/h8,10-16H,7,9H2,1-6H3/t10-,11?,12?,13?,14?,15-,16-/m0/s1. The Bertz CT molecular complexity index is 444. The van der Waals surface area contributed by atoms with Crippen LogP contribution in [0.15, 0.2) is 0 Å². The first-order chi connectivity index (χ1) is 10.2. The number of fused-ring (bicyclic) bond motifs is 1. The van der Waals surface area contributed by atoms with Gasteiger partial charge in [-0.25, -0.2) is 0 Å². The molecule has 0 spiro atoms. The second-order valence-electron chi connectivity index (χ2n) is 8.74. The molecule has 2 bridgehead atoms. The van der Waals surface area contributed by atoms with Crippen LogP contribution >= 0.6 is 0 Å². The Morgan fingerprint density at radius 3 is 2.50 bits per heavy atom. The molecule has 2 aliphatic carbocycles. The molecule has 0 aromatic rings. The number of hydrogen-bond donors (Lipinski definition) is 0. The summed E-state index contributed by atoms with van der Waals surface area (Å²) in [7, 11) is -0.102. The highest BCUT2D eigenvalue weighted by Crippen LogP contribution is 2.62. The average Bonchev–Trinajstić information content (AvgIpc) is 2.96. The maximum atomic E-state index is 11.1. The van der Waals surface area contributed by atoms with E-state index in [1.165, 1.54) is 0 Å². The quantitative estimate of drug-likeness (QED) is 0.575. The lowest BCUT2D eigenvalue weighted by atomic mass is 9.78. The van der Waals surface area contributed by atoms with Crippen LogP contribution in [0.3, 0.4) is 0 Å². The molecule has 4 unspecified atom stereocenters. The molecule has 7 atom stereocenters. The largest absolute Gasteiger partial charge is 0.413 e. The van der Waals surface area contributed by atoms with Crippen LogP contribution in [0.25, 0.3) is 0 Å². The van der Waals surface area contributed by atoms with Crippen molar-refractivity contribution < 1.29 is 18.7 Å². The molecular weight excluding hydrogens is 296 g/mol. The van der Waals surface area contributed by atoms with Crippen molar-refractivity contribution in [3.63, 3.8) is 0 Å². The van der Waals surface area contributed by atoms with Gasteiger partial charge >= 0.3 is 0 Å². The van der Waals surface area contributed by atoms with Gasteiger partial charge in [0.15, 0.2) is 14.6 Å². The van der Waals surface area contributed by atoms with E-state index in [2.05, 4.69) is 33.9 Å². The second kappa shape index (κ2) is 5.40. The van der Waals surface area contributed by atoms with Crippen molar-refractivity contribution in [2.24, 2.45) is 23.7 Å². The number of carbonyl (C=O) groups excluding carboxylic acids is 1. The molecule has 1 heterocycles. The minimum absolute atomic E-state index is 0.155. The lowest BCUT2D eigenvalue weighted by Crippen LogP contribution is -2.45. The molecule has 0 aromatic carbocycles. The summed E-state index contributed by atoms with van der Waals surface area (Å²) < 4.78 is 18.4. The number of aldehydes is 1. The predicted octanol–water partition coefficient (Wildman–Crippen LogP) is 3.22. The Hall–Kier alpha value is -0.233. The van der Waals surface area contributed by atoms with Crippen molar-refractivity contribution >= 4 is 14.6 Å². The number of rotatable bonds is 5. The van der Waals surface area contributed by atoms with Crippen LogP contribution in [-0.4, -0.2) is 40.2 Å². The zero-order chi connectivity index (χ0) is 16.3. The molecule has 1 saturated heterocycles. The fourth-order valence-electron chi connectivity index (χ4n) is 4.64. The lowest BCUT2D eigenvalue weighted by molar-refractivity contribution is -0.131. The van der Waals surface area contributed by atoms with Gasteiger partial charge in [0.05, 0.1) is 12.2 Å². The molecule has 0 amide bonds. The molecule has 3 rings (SSSR count). The van der Waals surface area contributed by atoms with Crippen LogP contribution in [-0.2, 0) is 18.7 Å². The van der Waals surface area contributed by atoms with Gasteiger partial charge < -0.3 is 18.7 Å². The highest BCUT2D eigenvalue weighted by atomic mass is 28.4. The number of carbonyl (C=O) groups is 1. The topological polar surface area (TPSA) is 44.8 Å². The summed E-state index contributed by atoms with van der Waals surface area (Å²) in [6.45, 7) is 11.5. The molecule has 0 aromatic heterocycles. The summed E-state index contributed by atoms with van der Waals surface area (Å²) >= 11 is 0. The van der Waals surface area contributed by atoms with E-state index in [4.69, 9.17) is 13.9 Å². The van der Waals surface area contributed by atoms with E-state index in [9.17, 15) is 4.79 Å². The Kier molecular flexibility index (Phi) is 4.08. The molecule has 4 nitrogen and oxygen atoms in total. The Balaban J connectivity index is 1.85. The zero-order valence-electron chi connectivity index (χ0n) is 14.7. The first kappa shape index (κ1) is 16.6. The fourth-order valence-corrected chi connectivity index (χ4v) is 6.01. The Morgan fingerprint density at radius 1 is 1.27 bits per heavy atom. The Labute approximate surface area is 135 Å². The average molecular weight is 327 g/mol. The van der Waals surface area contributed by atoms with Gasteiger partial charge in [0, 0.05) is 25.4 Å². The summed E-state index contributed by atoms with van der Waals surface area (Å²) in [5.41, 5.74) is 0. The normalized spacial score (nSPS) is 43.8. The van der Waals surface area contributed by atoms with E-state index >= 15 is 0 Å². The highest BCUT2D eigenvalue weighted by Gasteiger charge is 2.67. The van der Waals surface area contributed by atoms with E-state index in [1.807, 2.05) is 0 Å². The third kappa shape index (κ3) is 2.32. The maximum Gasteiger partial charge on any atom is 0.192 e. The first-order valence-electron chi connectivity index (χ1n) is 8.51. The minimum Gasteiger partial charge on any atom is -0.413 e. The fraction of sp³-hybridized carbons (Fsp3) is 0.941. The molecule has 22 heavy (non-hydrogen) atoms. The van der Waals surface area contributed by atoms with Crippen LogP contribution in [0, 0.1) is 23.7 Å². The van der Waals surface area contributed by atoms with Crippen molar-refractivity contribution in [2.75, 3.05) is 7.11 Å². The molecule has 126 valence electrons. The van der Waals surface area contributed by atoms with Gasteiger partial charge in [-0.15, -0.1) is 0 Å². The second-order valence-corrected chi connectivity index (χ2v) is 13.5. The van der Waals surface area contributed by atoms with Gasteiger partial charge in [0.25, 0.3) is 0 Å². The van der Waals surface area contributed by atoms with Crippen molar-refractivity contribution in [1.82, 2.24) is 0 Å². The number of methoxy groups -OCH3 is 1. The van der Waals surface area contributed by atoms with Gasteiger partial charge in [-0.3, -0.25) is 0 Å². The van der Waals surface area contributed by atoms with Crippen LogP contribution in [0.1, 0.15) is 33.6 Å². The summed E-state index contributed by atoms with van der Waals surface area (Å²) in [4.78, 5) is 11.1. The van der Waals surface area contributed by atoms with Crippen molar-refractivity contribution in [3.8, 4) is 0 Å². The van der Waals surface area contributed by atoms with Crippen LogP contribution in [0.2, 0.25) is 18.1 Å². The summed E-state index contributed by atoms with van der Waals surface area (Å²) in [6, 6.07) is 0. The summed E-state index contributed by atoms with van der Waals surface area (Å²) in [5.74, 6) is 1.56. The molecule has 3 aliphatic rings. The zero-order valence-corrected chi connectivity index (χ0v) is 15.7. The molecule has 3 fully saturated rings. The van der Waals surface area contributed by atoms with Crippen LogP contribution in [0.5, 0.6) is 0 Å². The van der Waals surface area contributed by atoms with E-state index in [1.54, 1.807) is 7.11 Å². The molecule has 2 saturated carbocycles. The van der Waals surface area contributed by atoms with Crippen LogP contribution in [0.4, 0.5) is 0 Å². The van der Waals surface area contributed by atoms with Gasteiger partial charge in [-0.2, -0.15) is 0 Å². The number of hydrogen-bond acceptors (Lipinski definition) is 4. The maximum absolute atomic E-state index is 11.1. The molecular formula is C17H30O4Si. The summed E-state index contributed by atoms with van der Waals surface area (Å²) in [5, 5.41) is 0.204. The van der Waals surface area contributed by atoms with Crippen molar-refractivity contribution in [3.05, 3.63) is 0 Å². The molecule has 0 N–H and O–H groups in total. The highest BCUT2D eigenvalue weighted by molar-refractivity contribution is 6.74. The number of ether oxygens (including phenoxy) is 2. The van der Waals surface area contributed by atoms with E-state index in [0.29, 0.717) is 30.1 Å². The SMILES string of the molecule is CO[C@H]1OC2CC3[C@H](CC=O)C1C2[C@H]3O[Si](C)(C)C(C)(C)C.